The maximum absolute atomic E-state index is 10.6. The molecular formula is C11H15NO4. The van der Waals surface area contributed by atoms with Crippen molar-refractivity contribution < 1.29 is 19.4 Å². The molecule has 1 saturated heterocycles. The summed E-state index contributed by atoms with van der Waals surface area (Å²) in [5.41, 5.74) is 0. The zero-order valence-electron chi connectivity index (χ0n) is 8.93. The first-order valence-corrected chi connectivity index (χ1v) is 5.37. The van der Waals surface area contributed by atoms with Crippen LogP contribution in [0.4, 0.5) is 0 Å². The fraction of sp³-hybridized carbons (Fsp3) is 0.545. The number of piperidine rings is 1. The van der Waals surface area contributed by atoms with E-state index in [0.717, 1.165) is 19.4 Å². The molecule has 0 bridgehead atoms. The Morgan fingerprint density at radius 1 is 1.56 bits per heavy atom. The summed E-state index contributed by atoms with van der Waals surface area (Å²) in [6, 6.07) is 3.13. The number of furan rings is 1. The van der Waals surface area contributed by atoms with E-state index < -0.39 is 5.97 Å². The second kappa shape index (κ2) is 4.67. The van der Waals surface area contributed by atoms with Crippen LogP contribution >= 0.6 is 0 Å². The Hall–Kier alpha value is -1.33. The van der Waals surface area contributed by atoms with Gasteiger partial charge in [0.05, 0.1) is 12.6 Å². The average molecular weight is 225 g/mol. The van der Waals surface area contributed by atoms with E-state index in [9.17, 15) is 9.90 Å². The number of likely N-dealkylation sites (tertiary alicyclic amines) is 1. The number of β-amino-alcohol motifs (C(OH)–C–C–N with tert-alkyl or cyclic N) is 1. The summed E-state index contributed by atoms with van der Waals surface area (Å²) >= 11 is 0. The van der Waals surface area contributed by atoms with E-state index in [-0.39, 0.29) is 11.9 Å². The number of hydrogen-bond donors (Lipinski definition) is 2. The lowest BCUT2D eigenvalue weighted by Gasteiger charge is -2.29. The largest absolute Gasteiger partial charge is 0.475 e. The summed E-state index contributed by atoms with van der Waals surface area (Å²) in [5, 5.41) is 18.2. The third-order valence-corrected chi connectivity index (χ3v) is 2.73. The molecule has 5 nitrogen and oxygen atoms in total. The molecular weight excluding hydrogens is 210 g/mol. The number of hydrogen-bond acceptors (Lipinski definition) is 4. The lowest BCUT2D eigenvalue weighted by Crippen LogP contribution is -2.37. The van der Waals surface area contributed by atoms with Crippen molar-refractivity contribution in [2.45, 2.75) is 25.5 Å². The minimum absolute atomic E-state index is 0.0347. The molecule has 0 aromatic carbocycles. The molecule has 1 aromatic rings. The molecule has 5 heteroatoms. The second-order valence-corrected chi connectivity index (χ2v) is 4.10. The van der Waals surface area contributed by atoms with Crippen molar-refractivity contribution in [1.29, 1.82) is 0 Å². The lowest BCUT2D eigenvalue weighted by atomic mass is 10.1. The number of nitrogens with zero attached hydrogens (tertiary/aromatic N) is 1. The third kappa shape index (κ3) is 2.62. The van der Waals surface area contributed by atoms with Crippen molar-refractivity contribution >= 4 is 5.97 Å². The Labute approximate surface area is 93.3 Å². The van der Waals surface area contributed by atoms with Gasteiger partial charge in [-0.15, -0.1) is 0 Å². The number of carboxylic acids is 1. The van der Waals surface area contributed by atoms with Gasteiger partial charge in [-0.05, 0) is 31.5 Å². The summed E-state index contributed by atoms with van der Waals surface area (Å²) in [4.78, 5) is 12.7. The minimum atomic E-state index is -1.05. The minimum Gasteiger partial charge on any atom is -0.475 e. The highest BCUT2D eigenvalue weighted by Gasteiger charge is 2.19. The predicted molar refractivity (Wildman–Crippen MR) is 56.2 cm³/mol. The zero-order valence-corrected chi connectivity index (χ0v) is 8.93. The van der Waals surface area contributed by atoms with Crippen molar-refractivity contribution in [2.75, 3.05) is 13.1 Å². The van der Waals surface area contributed by atoms with Crippen molar-refractivity contribution in [2.24, 2.45) is 0 Å². The molecule has 0 amide bonds. The van der Waals surface area contributed by atoms with Crippen molar-refractivity contribution in [3.63, 3.8) is 0 Å². The predicted octanol–water partition coefficient (Wildman–Crippen LogP) is 0.934. The third-order valence-electron chi connectivity index (χ3n) is 2.73. The van der Waals surface area contributed by atoms with Crippen molar-refractivity contribution in [3.05, 3.63) is 23.7 Å². The second-order valence-electron chi connectivity index (χ2n) is 4.10. The van der Waals surface area contributed by atoms with Crippen LogP contribution in [0, 0.1) is 0 Å². The molecule has 1 aliphatic rings. The van der Waals surface area contributed by atoms with Gasteiger partial charge in [-0.3, -0.25) is 4.90 Å². The van der Waals surface area contributed by atoms with E-state index in [4.69, 9.17) is 9.52 Å². The summed E-state index contributed by atoms with van der Waals surface area (Å²) < 4.78 is 5.16. The molecule has 0 aliphatic carbocycles. The maximum Gasteiger partial charge on any atom is 0.371 e. The molecule has 2 rings (SSSR count). The molecule has 0 radical (unpaired) electrons. The number of carbonyl (C=O) groups is 1. The van der Waals surface area contributed by atoms with Crippen LogP contribution in [0.2, 0.25) is 0 Å². The zero-order chi connectivity index (χ0) is 11.5. The van der Waals surface area contributed by atoms with Crippen LogP contribution in [0.25, 0.3) is 0 Å². The molecule has 1 aromatic heterocycles. The maximum atomic E-state index is 10.6. The van der Waals surface area contributed by atoms with Gasteiger partial charge in [0, 0.05) is 6.54 Å². The molecule has 1 atom stereocenters. The highest BCUT2D eigenvalue weighted by molar-refractivity contribution is 5.84. The van der Waals surface area contributed by atoms with Crippen LogP contribution in [0.1, 0.15) is 29.2 Å². The first-order chi connectivity index (χ1) is 7.65. The van der Waals surface area contributed by atoms with Gasteiger partial charge in [-0.2, -0.15) is 0 Å². The molecule has 1 fully saturated rings. The van der Waals surface area contributed by atoms with Crippen LogP contribution in [-0.4, -0.2) is 40.3 Å². The fourth-order valence-corrected chi connectivity index (χ4v) is 1.97. The first-order valence-electron chi connectivity index (χ1n) is 5.37. The average Bonchev–Trinajstić information content (AvgIpc) is 2.66. The highest BCUT2D eigenvalue weighted by atomic mass is 16.4. The van der Waals surface area contributed by atoms with E-state index in [1.807, 2.05) is 0 Å². The highest BCUT2D eigenvalue weighted by Crippen LogP contribution is 2.15. The molecule has 1 unspecified atom stereocenters. The van der Waals surface area contributed by atoms with E-state index in [1.54, 1.807) is 6.07 Å². The molecule has 16 heavy (non-hydrogen) atoms. The Balaban J connectivity index is 1.95. The van der Waals surface area contributed by atoms with Crippen LogP contribution in [-0.2, 0) is 6.54 Å². The molecule has 0 saturated carbocycles. The number of aromatic carboxylic acids is 1. The molecule has 0 spiro atoms. The summed E-state index contributed by atoms with van der Waals surface area (Å²) in [5.74, 6) is -0.455. The molecule has 1 aliphatic heterocycles. The van der Waals surface area contributed by atoms with E-state index in [0.29, 0.717) is 18.8 Å². The number of aliphatic hydroxyl groups excluding tert-OH is 1. The van der Waals surface area contributed by atoms with E-state index in [1.165, 1.54) is 6.07 Å². The standard InChI is InChI=1S/C11H15NO4/c13-8-2-1-5-12(6-8)7-9-3-4-10(16-9)11(14)15/h3-4,8,13H,1-2,5-7H2,(H,14,15). The molecule has 2 heterocycles. The van der Waals surface area contributed by atoms with Gasteiger partial charge in [-0.1, -0.05) is 0 Å². The Kier molecular flexibility index (Phi) is 3.26. The summed E-state index contributed by atoms with van der Waals surface area (Å²) in [7, 11) is 0. The van der Waals surface area contributed by atoms with Gasteiger partial charge in [-0.25, -0.2) is 4.79 Å². The molecule has 88 valence electrons. The van der Waals surface area contributed by atoms with Crippen LogP contribution in [0.3, 0.4) is 0 Å². The smallest absolute Gasteiger partial charge is 0.371 e. The SMILES string of the molecule is O=C(O)c1ccc(CN2CCCC(O)C2)o1. The molecule has 2 N–H and O–H groups in total. The van der Waals surface area contributed by atoms with Gasteiger partial charge in [0.15, 0.2) is 0 Å². The summed E-state index contributed by atoms with van der Waals surface area (Å²) in [6.45, 7) is 2.10. The Morgan fingerprint density at radius 3 is 3.00 bits per heavy atom. The van der Waals surface area contributed by atoms with Gasteiger partial charge in [0.1, 0.15) is 5.76 Å². The van der Waals surface area contributed by atoms with Crippen LogP contribution in [0.5, 0.6) is 0 Å². The van der Waals surface area contributed by atoms with Gasteiger partial charge in [0.2, 0.25) is 5.76 Å². The van der Waals surface area contributed by atoms with Crippen molar-refractivity contribution in [3.8, 4) is 0 Å². The van der Waals surface area contributed by atoms with E-state index >= 15 is 0 Å². The van der Waals surface area contributed by atoms with E-state index in [2.05, 4.69) is 4.90 Å². The normalized spacial score (nSPS) is 22.2. The quantitative estimate of drug-likeness (QED) is 0.800. The topological polar surface area (TPSA) is 73.9 Å². The lowest BCUT2D eigenvalue weighted by molar-refractivity contribution is 0.0598. The first kappa shape index (κ1) is 11.2. The Morgan fingerprint density at radius 2 is 2.38 bits per heavy atom. The fourth-order valence-electron chi connectivity index (χ4n) is 1.97. The van der Waals surface area contributed by atoms with Crippen LogP contribution in [0.15, 0.2) is 16.5 Å². The monoisotopic (exact) mass is 225 g/mol. The van der Waals surface area contributed by atoms with Crippen molar-refractivity contribution in [1.82, 2.24) is 4.90 Å². The van der Waals surface area contributed by atoms with Gasteiger partial charge >= 0.3 is 5.97 Å². The number of carboxylic acid groups (broad SMARTS) is 1. The van der Waals surface area contributed by atoms with Gasteiger partial charge < -0.3 is 14.6 Å². The van der Waals surface area contributed by atoms with Crippen LogP contribution < -0.4 is 0 Å². The summed E-state index contributed by atoms with van der Waals surface area (Å²) in [6.07, 6.45) is 1.53. The van der Waals surface area contributed by atoms with Gasteiger partial charge in [0.25, 0.3) is 0 Å². The number of rotatable bonds is 3. The Bertz CT molecular complexity index is 374. The number of aliphatic hydroxyl groups is 1.